The molecule has 0 aliphatic carbocycles. The van der Waals surface area contributed by atoms with Crippen molar-refractivity contribution in [1.29, 1.82) is 0 Å². The highest BCUT2D eigenvalue weighted by Crippen LogP contribution is 2.31. The van der Waals surface area contributed by atoms with Gasteiger partial charge in [-0.3, -0.25) is 9.59 Å². The highest BCUT2D eigenvalue weighted by atomic mass is 35.5. The first-order valence-electron chi connectivity index (χ1n) is 11.8. The molecule has 190 valence electrons. The summed E-state index contributed by atoms with van der Waals surface area (Å²) < 4.78 is 5.49. The number of halogens is 1. The maximum Gasteiger partial charge on any atom is 0.255 e. The molecule has 0 spiro atoms. The van der Waals surface area contributed by atoms with Gasteiger partial charge in [-0.15, -0.1) is 23.1 Å². The summed E-state index contributed by atoms with van der Waals surface area (Å²) in [5.74, 6) is 0.445. The molecule has 0 saturated heterocycles. The van der Waals surface area contributed by atoms with E-state index in [1.54, 1.807) is 24.3 Å². The zero-order valence-electron chi connectivity index (χ0n) is 20.4. The monoisotopic (exact) mass is 551 g/mol. The minimum atomic E-state index is -0.322. The van der Waals surface area contributed by atoms with Crippen LogP contribution in [0.3, 0.4) is 0 Å². The number of ether oxygens (including phenoxy) is 1. The second-order valence-electron chi connectivity index (χ2n) is 7.99. The van der Waals surface area contributed by atoms with Gasteiger partial charge in [0.05, 0.1) is 17.6 Å². The van der Waals surface area contributed by atoms with E-state index >= 15 is 0 Å². The zero-order chi connectivity index (χ0) is 26.2. The number of carbonyl (C=O) groups is 2. The Morgan fingerprint density at radius 2 is 1.81 bits per heavy atom. The average Bonchev–Trinajstić information content (AvgIpc) is 3.36. The Bertz CT molecular complexity index is 1380. The Labute approximate surface area is 229 Å². The van der Waals surface area contributed by atoms with Crippen LogP contribution in [0.25, 0.3) is 11.3 Å². The Hall–Kier alpha value is -3.33. The van der Waals surface area contributed by atoms with Gasteiger partial charge in [0.1, 0.15) is 5.75 Å². The molecule has 2 N–H and O–H groups in total. The lowest BCUT2D eigenvalue weighted by Crippen LogP contribution is -2.24. The van der Waals surface area contributed by atoms with Gasteiger partial charge < -0.3 is 15.4 Å². The standard InChI is InChI=1S/C28H26ClN3O3S2/c1-3-25(27(34)32-28-31-24(17-36-28)18-11-13-22(14-12-18)35-4-2)37-23-10-6-9-21(16-23)30-26(33)19-7-5-8-20(29)15-19/h5-17,25H,3-4H2,1-2H3,(H,30,33)(H,31,32,34). The molecule has 1 unspecified atom stereocenters. The van der Waals surface area contributed by atoms with Gasteiger partial charge in [-0.1, -0.05) is 30.7 Å². The molecule has 4 rings (SSSR count). The lowest BCUT2D eigenvalue weighted by Gasteiger charge is -2.14. The summed E-state index contributed by atoms with van der Waals surface area (Å²) in [5.41, 5.74) is 2.88. The van der Waals surface area contributed by atoms with Gasteiger partial charge in [0, 0.05) is 32.1 Å². The maximum atomic E-state index is 13.0. The highest BCUT2D eigenvalue weighted by molar-refractivity contribution is 8.00. The SMILES string of the molecule is CCOc1ccc(-c2csc(NC(=O)C(CC)Sc3cccc(NC(=O)c4cccc(Cl)c4)c3)n2)cc1. The molecule has 1 atom stereocenters. The quantitative estimate of drug-likeness (QED) is 0.198. The van der Waals surface area contributed by atoms with E-state index in [1.807, 2.05) is 67.8 Å². The number of thiazole rings is 1. The second kappa shape index (κ2) is 12.8. The van der Waals surface area contributed by atoms with Gasteiger partial charge in [-0.05, 0) is 74.0 Å². The second-order valence-corrected chi connectivity index (χ2v) is 10.6. The molecule has 0 aliphatic heterocycles. The fourth-order valence-electron chi connectivity index (χ4n) is 3.50. The number of nitrogens with one attached hydrogen (secondary N) is 2. The Balaban J connectivity index is 1.38. The molecule has 37 heavy (non-hydrogen) atoms. The third-order valence-electron chi connectivity index (χ3n) is 5.32. The van der Waals surface area contributed by atoms with Gasteiger partial charge >= 0.3 is 0 Å². The van der Waals surface area contributed by atoms with Crippen LogP contribution in [0, 0.1) is 0 Å². The summed E-state index contributed by atoms with van der Waals surface area (Å²) in [6.45, 7) is 4.53. The van der Waals surface area contributed by atoms with Crippen LogP contribution in [0.2, 0.25) is 5.02 Å². The third kappa shape index (κ3) is 7.35. The lowest BCUT2D eigenvalue weighted by molar-refractivity contribution is -0.115. The van der Waals surface area contributed by atoms with Crippen molar-refractivity contribution >= 4 is 57.3 Å². The molecule has 0 aliphatic rings. The number of hydrogen-bond acceptors (Lipinski definition) is 6. The van der Waals surface area contributed by atoms with E-state index in [0.717, 1.165) is 21.9 Å². The highest BCUT2D eigenvalue weighted by Gasteiger charge is 2.20. The third-order valence-corrected chi connectivity index (χ3v) is 7.67. The average molecular weight is 552 g/mol. The first kappa shape index (κ1) is 26.7. The summed E-state index contributed by atoms with van der Waals surface area (Å²) in [4.78, 5) is 31.0. The molecule has 4 aromatic rings. The van der Waals surface area contributed by atoms with E-state index in [2.05, 4.69) is 15.6 Å². The van der Waals surface area contributed by atoms with Crippen LogP contribution >= 0.6 is 34.7 Å². The van der Waals surface area contributed by atoms with Gasteiger partial charge in [0.15, 0.2) is 5.13 Å². The van der Waals surface area contributed by atoms with Crippen molar-refractivity contribution in [2.75, 3.05) is 17.2 Å². The summed E-state index contributed by atoms with van der Waals surface area (Å²) in [6, 6.07) is 21.9. The number of thioether (sulfide) groups is 1. The predicted molar refractivity (Wildman–Crippen MR) is 153 cm³/mol. The smallest absolute Gasteiger partial charge is 0.255 e. The minimum Gasteiger partial charge on any atom is -0.494 e. The van der Waals surface area contributed by atoms with E-state index in [1.165, 1.54) is 23.1 Å². The van der Waals surface area contributed by atoms with Gasteiger partial charge in [-0.25, -0.2) is 4.98 Å². The van der Waals surface area contributed by atoms with Crippen molar-refractivity contribution in [1.82, 2.24) is 4.98 Å². The van der Waals surface area contributed by atoms with Crippen molar-refractivity contribution in [3.63, 3.8) is 0 Å². The first-order valence-corrected chi connectivity index (χ1v) is 13.9. The number of nitrogens with zero attached hydrogens (tertiary/aromatic N) is 1. The van der Waals surface area contributed by atoms with Crippen molar-refractivity contribution in [2.45, 2.75) is 30.4 Å². The molecule has 2 amide bonds. The molecule has 3 aromatic carbocycles. The Kier molecular flexibility index (Phi) is 9.22. The number of anilines is 2. The fraction of sp³-hybridized carbons (Fsp3) is 0.179. The van der Waals surface area contributed by atoms with Gasteiger partial charge in [0.2, 0.25) is 5.91 Å². The van der Waals surface area contributed by atoms with Crippen molar-refractivity contribution < 1.29 is 14.3 Å². The topological polar surface area (TPSA) is 80.3 Å². The molecule has 0 bridgehead atoms. The van der Waals surface area contributed by atoms with Gasteiger partial charge in [-0.2, -0.15) is 0 Å². The maximum absolute atomic E-state index is 13.0. The van der Waals surface area contributed by atoms with E-state index in [4.69, 9.17) is 16.3 Å². The molecule has 1 heterocycles. The molecular weight excluding hydrogens is 526 g/mol. The van der Waals surface area contributed by atoms with E-state index in [-0.39, 0.29) is 17.1 Å². The van der Waals surface area contributed by atoms with Crippen LogP contribution in [-0.2, 0) is 4.79 Å². The number of aromatic nitrogens is 1. The first-order chi connectivity index (χ1) is 17.9. The molecular formula is C28H26ClN3O3S2. The summed E-state index contributed by atoms with van der Waals surface area (Å²) in [7, 11) is 0. The Morgan fingerprint density at radius 3 is 2.54 bits per heavy atom. The van der Waals surface area contributed by atoms with Crippen molar-refractivity contribution in [2.24, 2.45) is 0 Å². The number of carbonyl (C=O) groups excluding carboxylic acids is 2. The molecule has 0 saturated carbocycles. The summed E-state index contributed by atoms with van der Waals surface area (Å²) in [6.07, 6.45) is 0.632. The zero-order valence-corrected chi connectivity index (χ0v) is 22.8. The minimum absolute atomic E-state index is 0.117. The summed E-state index contributed by atoms with van der Waals surface area (Å²) in [5, 5.41) is 8.49. The van der Waals surface area contributed by atoms with Crippen LogP contribution < -0.4 is 15.4 Å². The summed E-state index contributed by atoms with van der Waals surface area (Å²) >= 11 is 8.83. The number of rotatable bonds is 10. The molecule has 9 heteroatoms. The van der Waals surface area contributed by atoms with Crippen LogP contribution in [-0.4, -0.2) is 28.7 Å². The largest absolute Gasteiger partial charge is 0.494 e. The van der Waals surface area contributed by atoms with E-state index in [0.29, 0.717) is 34.4 Å². The van der Waals surface area contributed by atoms with Crippen LogP contribution in [0.4, 0.5) is 10.8 Å². The van der Waals surface area contributed by atoms with Crippen molar-refractivity contribution in [3.8, 4) is 17.0 Å². The van der Waals surface area contributed by atoms with Gasteiger partial charge in [0.25, 0.3) is 5.91 Å². The molecule has 6 nitrogen and oxygen atoms in total. The van der Waals surface area contributed by atoms with Crippen molar-refractivity contribution in [3.05, 3.63) is 88.8 Å². The van der Waals surface area contributed by atoms with E-state index in [9.17, 15) is 9.59 Å². The number of benzene rings is 3. The normalized spacial score (nSPS) is 11.5. The fourth-order valence-corrected chi connectivity index (χ4v) is 5.43. The van der Waals surface area contributed by atoms with Crippen LogP contribution in [0.15, 0.2) is 83.1 Å². The Morgan fingerprint density at radius 1 is 1.03 bits per heavy atom. The van der Waals surface area contributed by atoms with E-state index < -0.39 is 0 Å². The number of hydrogen-bond donors (Lipinski definition) is 2. The lowest BCUT2D eigenvalue weighted by atomic mass is 10.2. The molecule has 0 fully saturated rings. The van der Waals surface area contributed by atoms with Crippen LogP contribution in [0.5, 0.6) is 5.75 Å². The predicted octanol–water partition coefficient (Wildman–Crippen LogP) is 7.62. The molecule has 1 aromatic heterocycles. The number of amides is 2. The van der Waals surface area contributed by atoms with Crippen LogP contribution in [0.1, 0.15) is 30.6 Å². The molecule has 0 radical (unpaired) electrons.